The van der Waals surface area contributed by atoms with Crippen LogP contribution in [-0.2, 0) is 11.3 Å². The summed E-state index contributed by atoms with van der Waals surface area (Å²) in [7, 11) is 0. The summed E-state index contributed by atoms with van der Waals surface area (Å²) >= 11 is 0. The van der Waals surface area contributed by atoms with Crippen LogP contribution in [0.15, 0.2) is 64.4 Å². The van der Waals surface area contributed by atoms with Gasteiger partial charge in [0.25, 0.3) is 5.56 Å². The standard InChI is InChI=1S/C21H20FN3O6.C2H6/c22-14-3-1-12(2-4-14)13-5-7-23-15(9-13)10-25-17(27)6-8-24(21(25)30)20-19(29)18(28)16(11-26)31-20;1-2/h1-9,16,18-20,26,28-29H,10-11H2;1-2H3. The molecule has 1 aliphatic rings. The number of aromatic nitrogens is 3. The molecule has 4 rings (SSSR count). The van der Waals surface area contributed by atoms with Gasteiger partial charge in [0.05, 0.1) is 18.8 Å². The Morgan fingerprint density at radius 2 is 1.73 bits per heavy atom. The number of rotatable bonds is 5. The third-order valence-corrected chi connectivity index (χ3v) is 5.20. The highest BCUT2D eigenvalue weighted by Gasteiger charge is 2.43. The van der Waals surface area contributed by atoms with E-state index in [1.165, 1.54) is 24.5 Å². The zero-order valence-electron chi connectivity index (χ0n) is 18.2. The molecule has 33 heavy (non-hydrogen) atoms. The van der Waals surface area contributed by atoms with Crippen LogP contribution >= 0.6 is 0 Å². The van der Waals surface area contributed by atoms with E-state index in [1.807, 2.05) is 13.8 Å². The first-order valence-electron chi connectivity index (χ1n) is 10.5. The molecule has 1 fully saturated rings. The predicted octanol–water partition coefficient (Wildman–Crippen LogP) is 0.897. The molecule has 10 heteroatoms. The Kier molecular flexibility index (Phi) is 7.88. The Morgan fingerprint density at radius 1 is 1.03 bits per heavy atom. The first kappa shape index (κ1) is 24.5. The normalized spacial score (nSPS) is 22.0. The summed E-state index contributed by atoms with van der Waals surface area (Å²) in [5.74, 6) is -0.362. The van der Waals surface area contributed by atoms with Crippen molar-refractivity contribution in [1.29, 1.82) is 0 Å². The monoisotopic (exact) mass is 459 g/mol. The maximum absolute atomic E-state index is 13.2. The summed E-state index contributed by atoms with van der Waals surface area (Å²) in [5.41, 5.74) is 0.547. The third kappa shape index (κ3) is 5.09. The second kappa shape index (κ2) is 10.6. The van der Waals surface area contributed by atoms with Crippen LogP contribution < -0.4 is 11.2 Å². The van der Waals surface area contributed by atoms with Gasteiger partial charge < -0.3 is 20.1 Å². The highest BCUT2D eigenvalue weighted by atomic mass is 19.1. The molecule has 3 heterocycles. The number of ether oxygens (including phenoxy) is 1. The topological polar surface area (TPSA) is 127 Å². The van der Waals surface area contributed by atoms with Crippen molar-refractivity contribution >= 4 is 0 Å². The molecule has 0 radical (unpaired) electrons. The number of hydrogen-bond donors (Lipinski definition) is 3. The van der Waals surface area contributed by atoms with Gasteiger partial charge in [-0.1, -0.05) is 26.0 Å². The lowest BCUT2D eigenvalue weighted by molar-refractivity contribution is -0.0555. The lowest BCUT2D eigenvalue weighted by Crippen LogP contribution is -2.43. The van der Waals surface area contributed by atoms with Crippen LogP contribution in [0.25, 0.3) is 11.1 Å². The molecular formula is C23H26FN3O6. The van der Waals surface area contributed by atoms with E-state index in [-0.39, 0.29) is 12.4 Å². The minimum absolute atomic E-state index is 0.150. The Morgan fingerprint density at radius 3 is 2.36 bits per heavy atom. The Balaban J connectivity index is 0.00000149. The van der Waals surface area contributed by atoms with Crippen molar-refractivity contribution in [1.82, 2.24) is 14.1 Å². The summed E-state index contributed by atoms with van der Waals surface area (Å²) < 4.78 is 20.5. The average Bonchev–Trinajstić information content (AvgIpc) is 3.12. The highest BCUT2D eigenvalue weighted by Crippen LogP contribution is 2.28. The number of hydrogen-bond acceptors (Lipinski definition) is 7. The quantitative estimate of drug-likeness (QED) is 0.517. The fraction of sp³-hybridized carbons (Fsp3) is 0.348. The molecule has 9 nitrogen and oxygen atoms in total. The van der Waals surface area contributed by atoms with Crippen molar-refractivity contribution in [3.63, 3.8) is 0 Å². The SMILES string of the molecule is CC.O=c1ccn(C2OC(CO)C(O)C2O)c(=O)n1Cc1cc(-c2ccc(F)cc2)ccn1. The van der Waals surface area contributed by atoms with Crippen LogP contribution in [0, 0.1) is 5.82 Å². The first-order valence-corrected chi connectivity index (χ1v) is 10.5. The fourth-order valence-electron chi connectivity index (χ4n) is 3.53. The molecule has 0 bridgehead atoms. The van der Waals surface area contributed by atoms with Gasteiger partial charge in [0.2, 0.25) is 0 Å². The molecule has 0 spiro atoms. The molecule has 3 aromatic rings. The van der Waals surface area contributed by atoms with E-state index in [1.54, 1.807) is 24.3 Å². The van der Waals surface area contributed by atoms with Crippen LogP contribution in [0.3, 0.4) is 0 Å². The van der Waals surface area contributed by atoms with Crippen molar-refractivity contribution < 1.29 is 24.4 Å². The Labute approximate surface area is 189 Å². The van der Waals surface area contributed by atoms with Crippen molar-refractivity contribution in [2.45, 2.75) is 44.9 Å². The van der Waals surface area contributed by atoms with E-state index < -0.39 is 42.4 Å². The van der Waals surface area contributed by atoms with Gasteiger partial charge in [-0.15, -0.1) is 0 Å². The summed E-state index contributed by atoms with van der Waals surface area (Å²) in [6, 6.07) is 10.4. The maximum atomic E-state index is 13.2. The van der Waals surface area contributed by atoms with Gasteiger partial charge in [0, 0.05) is 18.5 Å². The summed E-state index contributed by atoms with van der Waals surface area (Å²) in [6.45, 7) is 3.31. The van der Waals surface area contributed by atoms with E-state index in [2.05, 4.69) is 4.98 Å². The van der Waals surface area contributed by atoms with E-state index in [9.17, 15) is 29.3 Å². The minimum atomic E-state index is -1.46. The molecular weight excluding hydrogens is 433 g/mol. The van der Waals surface area contributed by atoms with Crippen LogP contribution in [0.4, 0.5) is 4.39 Å². The zero-order valence-corrected chi connectivity index (χ0v) is 18.2. The van der Waals surface area contributed by atoms with Gasteiger partial charge in [-0.05, 0) is 35.4 Å². The molecule has 1 saturated heterocycles. The summed E-state index contributed by atoms with van der Waals surface area (Å²) in [5, 5.41) is 29.4. The second-order valence-corrected chi connectivity index (χ2v) is 7.20. The molecule has 4 atom stereocenters. The number of nitrogens with zero attached hydrogens (tertiary/aromatic N) is 3. The summed E-state index contributed by atoms with van der Waals surface area (Å²) in [6.07, 6.45) is -2.46. The second-order valence-electron chi connectivity index (χ2n) is 7.20. The third-order valence-electron chi connectivity index (χ3n) is 5.20. The van der Waals surface area contributed by atoms with Crippen LogP contribution in [0.1, 0.15) is 25.8 Å². The lowest BCUT2D eigenvalue weighted by atomic mass is 10.1. The van der Waals surface area contributed by atoms with E-state index >= 15 is 0 Å². The van der Waals surface area contributed by atoms with Crippen molar-refractivity contribution in [2.24, 2.45) is 0 Å². The number of aliphatic hydroxyl groups is 3. The maximum Gasteiger partial charge on any atom is 0.333 e. The molecule has 2 aromatic heterocycles. The van der Waals surface area contributed by atoms with Gasteiger partial charge in [-0.25, -0.2) is 9.18 Å². The highest BCUT2D eigenvalue weighted by molar-refractivity contribution is 5.63. The van der Waals surface area contributed by atoms with E-state index in [0.717, 1.165) is 26.3 Å². The Bertz CT molecular complexity index is 1190. The van der Waals surface area contributed by atoms with Crippen LogP contribution in [0.2, 0.25) is 0 Å². The minimum Gasteiger partial charge on any atom is -0.394 e. The van der Waals surface area contributed by atoms with Crippen molar-refractivity contribution in [3.05, 3.63) is 87.2 Å². The van der Waals surface area contributed by atoms with Crippen molar-refractivity contribution in [3.8, 4) is 11.1 Å². The molecule has 4 unspecified atom stereocenters. The largest absolute Gasteiger partial charge is 0.394 e. The molecule has 3 N–H and O–H groups in total. The zero-order chi connectivity index (χ0) is 24.1. The summed E-state index contributed by atoms with van der Waals surface area (Å²) in [4.78, 5) is 29.5. The molecule has 1 aliphatic heterocycles. The molecule has 0 amide bonds. The Hall–Kier alpha value is -3.18. The molecule has 0 saturated carbocycles. The van der Waals surface area contributed by atoms with E-state index in [4.69, 9.17) is 4.74 Å². The van der Waals surface area contributed by atoms with Crippen molar-refractivity contribution in [2.75, 3.05) is 6.61 Å². The van der Waals surface area contributed by atoms with Gasteiger partial charge in [0.1, 0.15) is 24.1 Å². The van der Waals surface area contributed by atoms with Crippen LogP contribution in [0.5, 0.6) is 0 Å². The molecule has 1 aromatic carbocycles. The van der Waals surface area contributed by atoms with Gasteiger partial charge >= 0.3 is 5.69 Å². The predicted molar refractivity (Wildman–Crippen MR) is 118 cm³/mol. The fourth-order valence-corrected chi connectivity index (χ4v) is 3.53. The lowest BCUT2D eigenvalue weighted by Gasteiger charge is -2.18. The van der Waals surface area contributed by atoms with Gasteiger partial charge in [-0.2, -0.15) is 0 Å². The number of aliphatic hydroxyl groups excluding tert-OH is 3. The number of halogens is 1. The van der Waals surface area contributed by atoms with Crippen LogP contribution in [-0.4, -0.2) is 54.4 Å². The van der Waals surface area contributed by atoms with Gasteiger partial charge in [0.15, 0.2) is 6.23 Å². The molecule has 176 valence electrons. The number of pyridine rings is 1. The number of benzene rings is 1. The van der Waals surface area contributed by atoms with E-state index in [0.29, 0.717) is 5.69 Å². The average molecular weight is 459 g/mol. The molecule has 0 aliphatic carbocycles. The van der Waals surface area contributed by atoms with Gasteiger partial charge in [-0.3, -0.25) is 18.9 Å². The smallest absolute Gasteiger partial charge is 0.333 e. The first-order chi connectivity index (χ1) is 15.9.